The standard InChI is InChI=1S/C24H18Cl2FNO4/c25-17-5-1-3-15(11-17)24(16-4-2-6-18(26)12-16)31-21-13-19(20(27)14-22(21)32-24)23(29)28-7-9-30-10-8-28/h1-6,11-14H,7-10H2. The molecule has 0 saturated carbocycles. The number of halogens is 3. The molecular weight excluding hydrogens is 456 g/mol. The molecule has 5 rings (SSSR count). The van der Waals surface area contributed by atoms with Crippen LogP contribution in [0.2, 0.25) is 10.0 Å². The summed E-state index contributed by atoms with van der Waals surface area (Å²) < 4.78 is 32.8. The number of rotatable bonds is 3. The van der Waals surface area contributed by atoms with Crippen LogP contribution in [0.3, 0.4) is 0 Å². The zero-order chi connectivity index (χ0) is 22.3. The summed E-state index contributed by atoms with van der Waals surface area (Å²) in [6.45, 7) is 1.65. The van der Waals surface area contributed by atoms with E-state index in [1.807, 2.05) is 0 Å². The molecule has 0 N–H and O–H groups in total. The maximum atomic E-state index is 15.0. The quantitative estimate of drug-likeness (QED) is 0.519. The highest BCUT2D eigenvalue weighted by Crippen LogP contribution is 2.49. The Hall–Kier alpha value is -2.80. The number of fused-ring (bicyclic) bond motifs is 1. The molecule has 0 unspecified atom stereocenters. The summed E-state index contributed by atoms with van der Waals surface area (Å²) in [6.07, 6.45) is 0. The molecule has 0 radical (unpaired) electrons. The Morgan fingerprint density at radius 2 is 1.44 bits per heavy atom. The molecule has 0 bridgehead atoms. The molecule has 3 aromatic rings. The van der Waals surface area contributed by atoms with E-state index in [1.165, 1.54) is 12.1 Å². The lowest BCUT2D eigenvalue weighted by molar-refractivity contribution is -0.0459. The number of hydrogen-bond donors (Lipinski definition) is 0. The highest BCUT2D eigenvalue weighted by atomic mass is 35.5. The Balaban J connectivity index is 1.58. The van der Waals surface area contributed by atoms with Crippen molar-refractivity contribution in [1.29, 1.82) is 0 Å². The van der Waals surface area contributed by atoms with Crippen molar-refractivity contribution in [2.45, 2.75) is 5.79 Å². The Labute approximate surface area is 194 Å². The van der Waals surface area contributed by atoms with Gasteiger partial charge in [-0.15, -0.1) is 0 Å². The highest BCUT2D eigenvalue weighted by molar-refractivity contribution is 6.31. The molecule has 1 fully saturated rings. The van der Waals surface area contributed by atoms with E-state index in [1.54, 1.807) is 53.4 Å². The fourth-order valence-corrected chi connectivity index (χ4v) is 4.30. The Kier molecular flexibility index (Phi) is 5.45. The Morgan fingerprint density at radius 1 is 0.875 bits per heavy atom. The molecule has 8 heteroatoms. The van der Waals surface area contributed by atoms with E-state index in [0.29, 0.717) is 47.5 Å². The third kappa shape index (κ3) is 3.68. The summed E-state index contributed by atoms with van der Waals surface area (Å²) in [5.74, 6) is -2.11. The monoisotopic (exact) mass is 473 g/mol. The van der Waals surface area contributed by atoms with Gasteiger partial charge in [0.05, 0.1) is 18.8 Å². The summed E-state index contributed by atoms with van der Waals surface area (Å²) in [4.78, 5) is 14.5. The Morgan fingerprint density at radius 3 is 2.00 bits per heavy atom. The van der Waals surface area contributed by atoms with Crippen molar-refractivity contribution < 1.29 is 23.4 Å². The summed E-state index contributed by atoms with van der Waals surface area (Å²) in [5, 5.41) is 0.975. The van der Waals surface area contributed by atoms with Crippen LogP contribution in [-0.4, -0.2) is 37.1 Å². The first kappa shape index (κ1) is 21.1. The van der Waals surface area contributed by atoms with E-state index in [9.17, 15) is 9.18 Å². The summed E-state index contributed by atoms with van der Waals surface area (Å²) in [7, 11) is 0. The topological polar surface area (TPSA) is 48.0 Å². The largest absolute Gasteiger partial charge is 0.440 e. The van der Waals surface area contributed by atoms with Gasteiger partial charge in [-0.1, -0.05) is 47.5 Å². The Bertz CT molecular complexity index is 1150. The lowest BCUT2D eigenvalue weighted by Gasteiger charge is -2.29. The molecule has 5 nitrogen and oxygen atoms in total. The van der Waals surface area contributed by atoms with Gasteiger partial charge < -0.3 is 19.1 Å². The van der Waals surface area contributed by atoms with Crippen LogP contribution in [0.25, 0.3) is 0 Å². The molecule has 0 aliphatic carbocycles. The van der Waals surface area contributed by atoms with E-state index in [-0.39, 0.29) is 17.1 Å². The van der Waals surface area contributed by atoms with Crippen molar-refractivity contribution in [2.24, 2.45) is 0 Å². The van der Waals surface area contributed by atoms with Crippen molar-refractivity contribution in [2.75, 3.05) is 26.3 Å². The van der Waals surface area contributed by atoms with Crippen LogP contribution in [0.4, 0.5) is 4.39 Å². The van der Waals surface area contributed by atoms with Crippen molar-refractivity contribution in [1.82, 2.24) is 4.90 Å². The van der Waals surface area contributed by atoms with Gasteiger partial charge in [-0.3, -0.25) is 4.79 Å². The van der Waals surface area contributed by atoms with Gasteiger partial charge in [0.25, 0.3) is 5.91 Å². The summed E-state index contributed by atoms with van der Waals surface area (Å²) in [6, 6.07) is 16.6. The van der Waals surface area contributed by atoms with E-state index < -0.39 is 17.5 Å². The fraction of sp³-hybridized carbons (Fsp3) is 0.208. The fourth-order valence-electron chi connectivity index (χ4n) is 3.91. The predicted molar refractivity (Wildman–Crippen MR) is 118 cm³/mol. The molecule has 3 aromatic carbocycles. The SMILES string of the molecule is O=C(c1cc2c(cc1F)OC(c1cccc(Cl)c1)(c1cccc(Cl)c1)O2)N1CCOCC1. The maximum absolute atomic E-state index is 15.0. The average molecular weight is 474 g/mol. The highest BCUT2D eigenvalue weighted by Gasteiger charge is 2.46. The third-order valence-corrected chi connectivity index (χ3v) is 5.95. The van der Waals surface area contributed by atoms with E-state index in [2.05, 4.69) is 0 Å². The molecule has 0 atom stereocenters. The van der Waals surface area contributed by atoms with Crippen molar-refractivity contribution >= 4 is 29.1 Å². The molecule has 1 amide bonds. The van der Waals surface area contributed by atoms with Gasteiger partial charge in [-0.25, -0.2) is 4.39 Å². The predicted octanol–water partition coefficient (Wildman–Crippen LogP) is 5.28. The number of amides is 1. The molecule has 2 aliphatic rings. The van der Waals surface area contributed by atoms with Crippen molar-refractivity contribution in [3.63, 3.8) is 0 Å². The molecule has 0 aromatic heterocycles. The summed E-state index contributed by atoms with van der Waals surface area (Å²) >= 11 is 12.5. The molecule has 0 spiro atoms. The lowest BCUT2D eigenvalue weighted by atomic mass is 9.97. The average Bonchev–Trinajstić information content (AvgIpc) is 3.18. The second-order valence-corrected chi connectivity index (χ2v) is 8.40. The van der Waals surface area contributed by atoms with Crippen LogP contribution in [0.1, 0.15) is 21.5 Å². The van der Waals surface area contributed by atoms with Gasteiger partial charge >= 0.3 is 5.79 Å². The van der Waals surface area contributed by atoms with Crippen LogP contribution in [0.15, 0.2) is 60.7 Å². The first-order valence-corrected chi connectivity index (χ1v) is 10.8. The number of nitrogens with zero attached hydrogens (tertiary/aromatic N) is 1. The van der Waals surface area contributed by atoms with Gasteiger partial charge in [-0.05, 0) is 30.3 Å². The molecule has 1 saturated heterocycles. The zero-order valence-electron chi connectivity index (χ0n) is 16.8. The first-order valence-electron chi connectivity index (χ1n) is 10.1. The molecule has 2 heterocycles. The van der Waals surface area contributed by atoms with Gasteiger partial charge in [-0.2, -0.15) is 0 Å². The number of carbonyl (C=O) groups is 1. The molecule has 164 valence electrons. The smallest absolute Gasteiger partial charge is 0.305 e. The zero-order valence-corrected chi connectivity index (χ0v) is 18.3. The number of ether oxygens (including phenoxy) is 3. The van der Waals surface area contributed by atoms with Crippen LogP contribution in [0, 0.1) is 5.82 Å². The van der Waals surface area contributed by atoms with Gasteiger partial charge in [0, 0.05) is 40.3 Å². The second kappa shape index (κ2) is 8.28. The van der Waals surface area contributed by atoms with Gasteiger partial charge in [0.2, 0.25) is 0 Å². The van der Waals surface area contributed by atoms with E-state index >= 15 is 0 Å². The van der Waals surface area contributed by atoms with E-state index in [0.717, 1.165) is 0 Å². The minimum Gasteiger partial charge on any atom is -0.440 e. The normalized spacial score (nSPS) is 16.8. The van der Waals surface area contributed by atoms with Crippen LogP contribution < -0.4 is 9.47 Å². The van der Waals surface area contributed by atoms with Gasteiger partial charge in [0.15, 0.2) is 11.5 Å². The second-order valence-electron chi connectivity index (χ2n) is 7.52. The van der Waals surface area contributed by atoms with Gasteiger partial charge in [0.1, 0.15) is 5.82 Å². The lowest BCUT2D eigenvalue weighted by Crippen LogP contribution is -2.41. The van der Waals surface area contributed by atoms with Crippen molar-refractivity contribution in [3.8, 4) is 11.5 Å². The molecular formula is C24H18Cl2FNO4. The maximum Gasteiger partial charge on any atom is 0.305 e. The first-order chi connectivity index (χ1) is 15.5. The van der Waals surface area contributed by atoms with Crippen LogP contribution in [0.5, 0.6) is 11.5 Å². The number of hydrogen-bond acceptors (Lipinski definition) is 4. The minimum absolute atomic E-state index is 0.0813. The van der Waals surface area contributed by atoms with Crippen molar-refractivity contribution in [3.05, 3.63) is 93.2 Å². The third-order valence-electron chi connectivity index (χ3n) is 5.48. The van der Waals surface area contributed by atoms with Crippen LogP contribution in [-0.2, 0) is 10.5 Å². The number of morpholine rings is 1. The number of carbonyl (C=O) groups excluding carboxylic acids is 1. The molecule has 2 aliphatic heterocycles. The van der Waals surface area contributed by atoms with E-state index in [4.69, 9.17) is 37.4 Å². The summed E-state index contributed by atoms with van der Waals surface area (Å²) in [5.41, 5.74) is 1.12. The minimum atomic E-state index is -1.44. The molecule has 32 heavy (non-hydrogen) atoms. The number of benzene rings is 3. The van der Waals surface area contributed by atoms with Crippen LogP contribution >= 0.6 is 23.2 Å².